The van der Waals surface area contributed by atoms with Crippen LogP contribution in [0.3, 0.4) is 0 Å². The number of pyridine rings is 1. The average molecular weight is 283 g/mol. The first-order chi connectivity index (χ1) is 10.2. The van der Waals surface area contributed by atoms with Crippen molar-refractivity contribution < 1.29 is 0 Å². The lowest BCUT2D eigenvalue weighted by Gasteiger charge is -2.23. The van der Waals surface area contributed by atoms with E-state index >= 15 is 0 Å². The van der Waals surface area contributed by atoms with Crippen molar-refractivity contribution in [3.8, 4) is 0 Å². The minimum Gasteiger partial charge on any atom is -0.376 e. The molecule has 112 valence electrons. The summed E-state index contributed by atoms with van der Waals surface area (Å²) in [6.45, 7) is 4.39. The number of anilines is 2. The molecule has 0 aliphatic heterocycles. The van der Waals surface area contributed by atoms with Gasteiger partial charge in [0.1, 0.15) is 0 Å². The van der Waals surface area contributed by atoms with Crippen molar-refractivity contribution in [2.75, 3.05) is 24.3 Å². The maximum Gasteiger partial charge on any atom is 0.0769 e. The van der Waals surface area contributed by atoms with Gasteiger partial charge in [-0.25, -0.2) is 0 Å². The van der Waals surface area contributed by atoms with E-state index in [1.54, 1.807) is 0 Å². The molecule has 0 spiro atoms. The molecule has 0 saturated heterocycles. The Morgan fingerprint density at radius 2 is 1.81 bits per heavy atom. The van der Waals surface area contributed by atoms with E-state index in [1.165, 1.54) is 11.1 Å². The summed E-state index contributed by atoms with van der Waals surface area (Å²) in [5.41, 5.74) is 4.94. The first kappa shape index (κ1) is 15.4. The molecule has 0 saturated carbocycles. The zero-order valence-corrected chi connectivity index (χ0v) is 13.4. The first-order valence-electron chi connectivity index (χ1n) is 7.62. The number of benzene rings is 1. The maximum absolute atomic E-state index is 4.25. The Bertz CT molecular complexity index is 561. The van der Waals surface area contributed by atoms with Gasteiger partial charge in [-0.15, -0.1) is 0 Å². The molecule has 3 heteroatoms. The molecular weight excluding hydrogens is 258 g/mol. The van der Waals surface area contributed by atoms with Gasteiger partial charge in [0.2, 0.25) is 0 Å². The summed E-state index contributed by atoms with van der Waals surface area (Å²) in [5.74, 6) is 0. The lowest BCUT2D eigenvalue weighted by molar-refractivity contribution is 0.747. The van der Waals surface area contributed by atoms with Gasteiger partial charge >= 0.3 is 0 Å². The van der Waals surface area contributed by atoms with Crippen LogP contribution in [-0.2, 0) is 6.42 Å². The average Bonchev–Trinajstić information content (AvgIpc) is 2.53. The standard InChI is InChI=1S/C18H25N3/c1-5-14-7-9-15(10-8-14)16(6-2)20-17-13-19-12-11-18(17)21(3)4/h7-13,16,20H,5-6H2,1-4H3. The zero-order chi connectivity index (χ0) is 15.2. The molecule has 2 rings (SSSR count). The topological polar surface area (TPSA) is 28.2 Å². The molecule has 1 atom stereocenters. The number of nitrogens with one attached hydrogen (secondary N) is 1. The highest BCUT2D eigenvalue weighted by molar-refractivity contribution is 5.68. The largest absolute Gasteiger partial charge is 0.376 e. The molecule has 2 aromatic rings. The highest BCUT2D eigenvalue weighted by Gasteiger charge is 2.12. The number of aryl methyl sites for hydroxylation is 1. The molecule has 0 bridgehead atoms. The van der Waals surface area contributed by atoms with Gasteiger partial charge in [0.25, 0.3) is 0 Å². The van der Waals surface area contributed by atoms with E-state index in [-0.39, 0.29) is 0 Å². The fourth-order valence-electron chi connectivity index (χ4n) is 2.48. The Balaban J connectivity index is 2.22. The third kappa shape index (κ3) is 3.75. The van der Waals surface area contributed by atoms with Crippen molar-refractivity contribution in [1.82, 2.24) is 4.98 Å². The monoisotopic (exact) mass is 283 g/mol. The van der Waals surface area contributed by atoms with Crippen molar-refractivity contribution >= 4 is 11.4 Å². The first-order valence-corrected chi connectivity index (χ1v) is 7.62. The summed E-state index contributed by atoms with van der Waals surface area (Å²) in [7, 11) is 4.11. The Labute approximate surface area is 128 Å². The Hall–Kier alpha value is -2.03. The normalized spacial score (nSPS) is 12.0. The van der Waals surface area contributed by atoms with E-state index in [0.29, 0.717) is 6.04 Å². The fraction of sp³-hybridized carbons (Fsp3) is 0.389. The van der Waals surface area contributed by atoms with Crippen LogP contribution in [0.15, 0.2) is 42.7 Å². The summed E-state index contributed by atoms with van der Waals surface area (Å²) < 4.78 is 0. The molecule has 0 radical (unpaired) electrons. The third-order valence-electron chi connectivity index (χ3n) is 3.81. The lowest BCUT2D eigenvalue weighted by Crippen LogP contribution is -2.15. The van der Waals surface area contributed by atoms with Gasteiger partial charge in [0.05, 0.1) is 23.6 Å². The zero-order valence-electron chi connectivity index (χ0n) is 13.4. The number of hydrogen-bond acceptors (Lipinski definition) is 3. The van der Waals surface area contributed by atoms with Crippen LogP contribution in [0, 0.1) is 0 Å². The molecule has 0 aliphatic rings. The van der Waals surface area contributed by atoms with Gasteiger partial charge in [-0.2, -0.15) is 0 Å². The number of hydrogen-bond donors (Lipinski definition) is 1. The van der Waals surface area contributed by atoms with E-state index in [2.05, 4.69) is 67.4 Å². The van der Waals surface area contributed by atoms with Crippen LogP contribution < -0.4 is 10.2 Å². The van der Waals surface area contributed by atoms with Crippen molar-refractivity contribution in [2.45, 2.75) is 32.7 Å². The summed E-state index contributed by atoms with van der Waals surface area (Å²) in [6, 6.07) is 11.2. The second-order valence-electron chi connectivity index (χ2n) is 5.49. The van der Waals surface area contributed by atoms with E-state index in [4.69, 9.17) is 0 Å². The molecule has 21 heavy (non-hydrogen) atoms. The summed E-state index contributed by atoms with van der Waals surface area (Å²) in [4.78, 5) is 6.36. The molecular formula is C18H25N3. The molecule has 0 aliphatic carbocycles. The van der Waals surface area contributed by atoms with Crippen LogP contribution in [0.1, 0.15) is 37.4 Å². The van der Waals surface area contributed by atoms with Gasteiger partial charge in [-0.05, 0) is 30.0 Å². The Morgan fingerprint density at radius 3 is 2.38 bits per heavy atom. The lowest BCUT2D eigenvalue weighted by atomic mass is 10.0. The van der Waals surface area contributed by atoms with Crippen LogP contribution in [-0.4, -0.2) is 19.1 Å². The van der Waals surface area contributed by atoms with E-state index in [1.807, 2.05) is 18.5 Å². The number of nitrogens with zero attached hydrogens (tertiary/aromatic N) is 2. The predicted molar refractivity (Wildman–Crippen MR) is 91.0 cm³/mol. The highest BCUT2D eigenvalue weighted by atomic mass is 15.1. The van der Waals surface area contributed by atoms with Crippen molar-refractivity contribution in [1.29, 1.82) is 0 Å². The van der Waals surface area contributed by atoms with Crippen LogP contribution in [0.4, 0.5) is 11.4 Å². The number of rotatable bonds is 6. The van der Waals surface area contributed by atoms with Gasteiger partial charge in [-0.1, -0.05) is 38.1 Å². The molecule has 0 amide bonds. The van der Waals surface area contributed by atoms with Crippen molar-refractivity contribution in [3.63, 3.8) is 0 Å². The Kier molecular flexibility index (Phi) is 5.20. The second-order valence-corrected chi connectivity index (χ2v) is 5.49. The molecule has 0 fully saturated rings. The van der Waals surface area contributed by atoms with Gasteiger partial charge in [0, 0.05) is 20.3 Å². The molecule has 1 N–H and O–H groups in total. The highest BCUT2D eigenvalue weighted by Crippen LogP contribution is 2.28. The minimum absolute atomic E-state index is 0.304. The maximum atomic E-state index is 4.25. The molecule has 1 aromatic heterocycles. The van der Waals surface area contributed by atoms with E-state index in [9.17, 15) is 0 Å². The quantitative estimate of drug-likeness (QED) is 0.858. The van der Waals surface area contributed by atoms with Gasteiger partial charge < -0.3 is 10.2 Å². The third-order valence-corrected chi connectivity index (χ3v) is 3.81. The Morgan fingerprint density at radius 1 is 1.10 bits per heavy atom. The van der Waals surface area contributed by atoms with Crippen molar-refractivity contribution in [2.24, 2.45) is 0 Å². The summed E-state index contributed by atoms with van der Waals surface area (Å²) >= 11 is 0. The second kappa shape index (κ2) is 7.11. The molecule has 1 heterocycles. The van der Waals surface area contributed by atoms with Crippen LogP contribution in [0.2, 0.25) is 0 Å². The van der Waals surface area contributed by atoms with Crippen LogP contribution >= 0.6 is 0 Å². The molecule has 3 nitrogen and oxygen atoms in total. The van der Waals surface area contributed by atoms with E-state index in [0.717, 1.165) is 24.2 Å². The summed E-state index contributed by atoms with van der Waals surface area (Å²) in [6.07, 6.45) is 5.85. The number of aromatic nitrogens is 1. The summed E-state index contributed by atoms with van der Waals surface area (Å²) in [5, 5.41) is 3.63. The van der Waals surface area contributed by atoms with Crippen LogP contribution in [0.25, 0.3) is 0 Å². The smallest absolute Gasteiger partial charge is 0.0769 e. The minimum atomic E-state index is 0.304. The van der Waals surface area contributed by atoms with Crippen LogP contribution in [0.5, 0.6) is 0 Å². The molecule has 1 aromatic carbocycles. The SMILES string of the molecule is CCc1ccc(C(CC)Nc2cnccc2N(C)C)cc1. The van der Waals surface area contributed by atoms with Gasteiger partial charge in [0.15, 0.2) is 0 Å². The fourth-order valence-corrected chi connectivity index (χ4v) is 2.48. The predicted octanol–water partition coefficient (Wildman–Crippen LogP) is 4.27. The molecule has 1 unspecified atom stereocenters. The van der Waals surface area contributed by atoms with Gasteiger partial charge in [-0.3, -0.25) is 4.98 Å². The van der Waals surface area contributed by atoms with E-state index < -0.39 is 0 Å². The van der Waals surface area contributed by atoms with Crippen molar-refractivity contribution in [3.05, 3.63) is 53.9 Å².